The molecule has 0 radical (unpaired) electrons. The SMILES string of the molecule is CC(C=O)C1CCSC1. The van der Waals surface area contributed by atoms with Gasteiger partial charge in [-0.25, -0.2) is 0 Å². The lowest BCUT2D eigenvalue weighted by Crippen LogP contribution is -2.11. The molecule has 0 aliphatic carbocycles. The van der Waals surface area contributed by atoms with Crippen LogP contribution in [0.25, 0.3) is 0 Å². The number of carbonyl (C=O) groups excluding carboxylic acids is 1. The van der Waals surface area contributed by atoms with Gasteiger partial charge in [-0.1, -0.05) is 6.92 Å². The van der Waals surface area contributed by atoms with Crippen molar-refractivity contribution in [2.75, 3.05) is 11.5 Å². The van der Waals surface area contributed by atoms with Crippen molar-refractivity contribution in [3.05, 3.63) is 0 Å². The first-order chi connectivity index (χ1) is 4.34. The monoisotopic (exact) mass is 144 g/mol. The number of rotatable bonds is 2. The Labute approximate surface area is 60.2 Å². The Morgan fingerprint density at radius 3 is 3.00 bits per heavy atom. The van der Waals surface area contributed by atoms with Gasteiger partial charge in [0.1, 0.15) is 6.29 Å². The largest absolute Gasteiger partial charge is 0.303 e. The molecule has 0 amide bonds. The Hall–Kier alpha value is 0.0200. The molecule has 1 aliphatic heterocycles. The van der Waals surface area contributed by atoms with Crippen LogP contribution in [-0.2, 0) is 4.79 Å². The van der Waals surface area contributed by atoms with E-state index in [4.69, 9.17) is 0 Å². The predicted octanol–water partition coefficient (Wildman–Crippen LogP) is 1.57. The summed E-state index contributed by atoms with van der Waals surface area (Å²) in [5, 5.41) is 0. The van der Waals surface area contributed by atoms with Crippen molar-refractivity contribution < 1.29 is 4.79 Å². The van der Waals surface area contributed by atoms with Crippen molar-refractivity contribution >= 4 is 18.0 Å². The number of hydrogen-bond acceptors (Lipinski definition) is 2. The fourth-order valence-corrected chi connectivity index (χ4v) is 2.49. The van der Waals surface area contributed by atoms with Crippen LogP contribution < -0.4 is 0 Å². The van der Waals surface area contributed by atoms with Crippen molar-refractivity contribution in [1.29, 1.82) is 0 Å². The normalized spacial score (nSPS) is 30.1. The molecule has 2 atom stereocenters. The molecule has 0 aromatic carbocycles. The topological polar surface area (TPSA) is 17.1 Å². The third-order valence-electron chi connectivity index (χ3n) is 1.92. The average Bonchev–Trinajstić information content (AvgIpc) is 2.37. The van der Waals surface area contributed by atoms with Crippen molar-refractivity contribution in [3.8, 4) is 0 Å². The highest BCUT2D eigenvalue weighted by molar-refractivity contribution is 7.99. The van der Waals surface area contributed by atoms with Gasteiger partial charge in [0.05, 0.1) is 0 Å². The van der Waals surface area contributed by atoms with Crippen LogP contribution in [0.3, 0.4) is 0 Å². The van der Waals surface area contributed by atoms with Crippen molar-refractivity contribution in [1.82, 2.24) is 0 Å². The molecule has 1 saturated heterocycles. The van der Waals surface area contributed by atoms with Gasteiger partial charge in [0.15, 0.2) is 0 Å². The van der Waals surface area contributed by atoms with E-state index in [2.05, 4.69) is 0 Å². The minimum Gasteiger partial charge on any atom is -0.303 e. The number of aldehydes is 1. The van der Waals surface area contributed by atoms with E-state index in [0.29, 0.717) is 11.8 Å². The highest BCUT2D eigenvalue weighted by Gasteiger charge is 2.20. The van der Waals surface area contributed by atoms with E-state index in [0.717, 1.165) is 6.29 Å². The molecular weight excluding hydrogens is 132 g/mol. The predicted molar refractivity (Wildman–Crippen MR) is 40.7 cm³/mol. The third-order valence-corrected chi connectivity index (χ3v) is 3.11. The van der Waals surface area contributed by atoms with Crippen molar-refractivity contribution in [3.63, 3.8) is 0 Å². The molecule has 2 heteroatoms. The van der Waals surface area contributed by atoms with Crippen LogP contribution >= 0.6 is 11.8 Å². The van der Waals surface area contributed by atoms with Crippen LogP contribution in [0, 0.1) is 11.8 Å². The highest BCUT2D eigenvalue weighted by atomic mass is 32.2. The van der Waals surface area contributed by atoms with Gasteiger partial charge in [-0.15, -0.1) is 0 Å². The number of carbonyl (C=O) groups is 1. The van der Waals surface area contributed by atoms with Gasteiger partial charge >= 0.3 is 0 Å². The van der Waals surface area contributed by atoms with Gasteiger partial charge < -0.3 is 4.79 Å². The van der Waals surface area contributed by atoms with Crippen LogP contribution in [0.5, 0.6) is 0 Å². The van der Waals surface area contributed by atoms with Crippen LogP contribution in [0.2, 0.25) is 0 Å². The third kappa shape index (κ3) is 1.71. The van der Waals surface area contributed by atoms with Crippen molar-refractivity contribution in [2.24, 2.45) is 11.8 Å². The van der Waals surface area contributed by atoms with E-state index in [1.165, 1.54) is 17.9 Å². The molecule has 1 aliphatic rings. The number of hydrogen-bond donors (Lipinski definition) is 0. The van der Waals surface area contributed by atoms with E-state index < -0.39 is 0 Å². The maximum Gasteiger partial charge on any atom is 0.123 e. The molecule has 0 bridgehead atoms. The van der Waals surface area contributed by atoms with Crippen LogP contribution in [0.1, 0.15) is 13.3 Å². The molecule has 1 fully saturated rings. The molecule has 2 unspecified atom stereocenters. The fraction of sp³-hybridized carbons (Fsp3) is 0.857. The second kappa shape index (κ2) is 3.25. The minimum atomic E-state index is 0.292. The highest BCUT2D eigenvalue weighted by Crippen LogP contribution is 2.28. The maximum atomic E-state index is 10.3. The second-order valence-corrected chi connectivity index (χ2v) is 3.77. The Morgan fingerprint density at radius 2 is 2.56 bits per heavy atom. The van der Waals surface area contributed by atoms with Crippen LogP contribution in [0.15, 0.2) is 0 Å². The lowest BCUT2D eigenvalue weighted by atomic mass is 9.95. The summed E-state index contributed by atoms with van der Waals surface area (Å²) < 4.78 is 0. The lowest BCUT2D eigenvalue weighted by molar-refractivity contribution is -0.111. The quantitative estimate of drug-likeness (QED) is 0.547. The summed E-state index contributed by atoms with van der Waals surface area (Å²) in [6, 6.07) is 0. The zero-order valence-electron chi connectivity index (χ0n) is 5.67. The number of thioether (sulfide) groups is 1. The first kappa shape index (κ1) is 7.13. The molecule has 0 aromatic heterocycles. The summed E-state index contributed by atoms with van der Waals surface area (Å²) in [4.78, 5) is 10.3. The van der Waals surface area contributed by atoms with Crippen LogP contribution in [0.4, 0.5) is 0 Å². The van der Waals surface area contributed by atoms with Gasteiger partial charge in [0.25, 0.3) is 0 Å². The minimum absolute atomic E-state index is 0.292. The first-order valence-corrected chi connectivity index (χ1v) is 4.53. The summed E-state index contributed by atoms with van der Waals surface area (Å²) in [7, 11) is 0. The average molecular weight is 144 g/mol. The summed E-state index contributed by atoms with van der Waals surface area (Å²) in [6.45, 7) is 2.02. The molecule has 0 aromatic rings. The molecule has 0 saturated carbocycles. The van der Waals surface area contributed by atoms with Gasteiger partial charge in [-0.3, -0.25) is 0 Å². The molecule has 0 spiro atoms. The van der Waals surface area contributed by atoms with E-state index >= 15 is 0 Å². The molecule has 52 valence electrons. The van der Waals surface area contributed by atoms with Gasteiger partial charge in [0, 0.05) is 5.92 Å². The van der Waals surface area contributed by atoms with E-state index in [-0.39, 0.29) is 0 Å². The standard InChI is InChI=1S/C7H12OS/c1-6(4-8)7-2-3-9-5-7/h4,6-7H,2-3,5H2,1H3. The molecule has 1 nitrogen and oxygen atoms in total. The summed E-state index contributed by atoms with van der Waals surface area (Å²) >= 11 is 1.97. The Bertz CT molecular complexity index is 97.1. The maximum absolute atomic E-state index is 10.3. The van der Waals surface area contributed by atoms with E-state index in [9.17, 15) is 4.79 Å². The Morgan fingerprint density at radius 1 is 1.78 bits per heavy atom. The Balaban J connectivity index is 2.32. The molecular formula is C7H12OS. The summed E-state index contributed by atoms with van der Waals surface area (Å²) in [5.41, 5.74) is 0. The van der Waals surface area contributed by atoms with Crippen molar-refractivity contribution in [2.45, 2.75) is 13.3 Å². The Kier molecular flexibility index (Phi) is 2.58. The van der Waals surface area contributed by atoms with Crippen LogP contribution in [-0.4, -0.2) is 17.8 Å². The van der Waals surface area contributed by atoms with E-state index in [1.807, 2.05) is 18.7 Å². The fourth-order valence-electron chi connectivity index (χ4n) is 1.08. The summed E-state index contributed by atoms with van der Waals surface area (Å²) in [6.07, 6.45) is 2.32. The first-order valence-electron chi connectivity index (χ1n) is 3.37. The van der Waals surface area contributed by atoms with Gasteiger partial charge in [0.2, 0.25) is 0 Å². The zero-order valence-corrected chi connectivity index (χ0v) is 6.49. The van der Waals surface area contributed by atoms with E-state index in [1.54, 1.807) is 0 Å². The second-order valence-electron chi connectivity index (χ2n) is 2.62. The molecule has 1 heterocycles. The molecule has 9 heavy (non-hydrogen) atoms. The zero-order chi connectivity index (χ0) is 6.69. The van der Waals surface area contributed by atoms with Gasteiger partial charge in [-0.2, -0.15) is 11.8 Å². The lowest BCUT2D eigenvalue weighted by Gasteiger charge is -2.09. The van der Waals surface area contributed by atoms with Gasteiger partial charge in [-0.05, 0) is 23.8 Å². The molecule has 1 rings (SSSR count). The summed E-state index contributed by atoms with van der Waals surface area (Å²) in [5.74, 6) is 3.41. The molecule has 0 N–H and O–H groups in total. The smallest absolute Gasteiger partial charge is 0.123 e.